The van der Waals surface area contributed by atoms with Gasteiger partial charge in [-0.15, -0.1) is 0 Å². The number of nitrogens with one attached hydrogen (secondary N) is 2. The third-order valence-corrected chi connectivity index (χ3v) is 4.18. The van der Waals surface area contributed by atoms with Crippen LogP contribution in [0.25, 0.3) is 0 Å². The van der Waals surface area contributed by atoms with Gasteiger partial charge in [-0.05, 0) is 30.5 Å². The molecule has 2 aliphatic heterocycles. The highest BCUT2D eigenvalue weighted by atomic mass is 16.2. The van der Waals surface area contributed by atoms with E-state index < -0.39 is 11.6 Å². The van der Waals surface area contributed by atoms with Crippen LogP contribution in [-0.2, 0) is 11.2 Å². The lowest BCUT2D eigenvalue weighted by atomic mass is 9.99. The minimum Gasteiger partial charge on any atom is -0.336 e. The van der Waals surface area contributed by atoms with Crippen molar-refractivity contribution in [2.24, 2.45) is 0 Å². The number of benzene rings is 1. The van der Waals surface area contributed by atoms with Crippen molar-refractivity contribution in [3.8, 4) is 0 Å². The van der Waals surface area contributed by atoms with Crippen molar-refractivity contribution in [2.75, 3.05) is 13.1 Å². The van der Waals surface area contributed by atoms with Crippen molar-refractivity contribution in [2.45, 2.75) is 25.3 Å². The number of nitrogens with zero attached hydrogens (tertiary/aromatic N) is 1. The van der Waals surface area contributed by atoms with Gasteiger partial charge in [0.1, 0.15) is 5.54 Å². The van der Waals surface area contributed by atoms with E-state index in [-0.39, 0.29) is 18.4 Å². The SMILES string of the molecule is CCc1ccc(C(=O)N2CCC3(C2)NC(=O)NC3=O)cc1. The summed E-state index contributed by atoms with van der Waals surface area (Å²) in [6.07, 6.45) is 1.37. The number of likely N-dealkylation sites (tertiary alicyclic amines) is 1. The molecular formula is C15H17N3O3. The molecule has 0 aromatic heterocycles. The van der Waals surface area contributed by atoms with E-state index in [0.717, 1.165) is 6.42 Å². The molecular weight excluding hydrogens is 270 g/mol. The third-order valence-electron chi connectivity index (χ3n) is 4.18. The first-order chi connectivity index (χ1) is 10.0. The second-order valence-electron chi connectivity index (χ2n) is 5.52. The van der Waals surface area contributed by atoms with E-state index in [0.29, 0.717) is 18.5 Å². The molecule has 3 rings (SSSR count). The Bertz CT molecular complexity index is 611. The summed E-state index contributed by atoms with van der Waals surface area (Å²) < 4.78 is 0. The normalized spacial score (nSPS) is 24.3. The van der Waals surface area contributed by atoms with Gasteiger partial charge in [-0.3, -0.25) is 14.9 Å². The molecule has 6 nitrogen and oxygen atoms in total. The largest absolute Gasteiger partial charge is 0.336 e. The van der Waals surface area contributed by atoms with Gasteiger partial charge in [-0.1, -0.05) is 19.1 Å². The summed E-state index contributed by atoms with van der Waals surface area (Å²) in [4.78, 5) is 37.2. The number of imide groups is 1. The molecule has 1 unspecified atom stereocenters. The first-order valence-corrected chi connectivity index (χ1v) is 7.06. The maximum Gasteiger partial charge on any atom is 0.322 e. The lowest BCUT2D eigenvalue weighted by Crippen LogP contribution is -2.49. The summed E-state index contributed by atoms with van der Waals surface area (Å²) in [5.74, 6) is -0.451. The Morgan fingerprint density at radius 1 is 1.29 bits per heavy atom. The van der Waals surface area contributed by atoms with Gasteiger partial charge in [0, 0.05) is 12.1 Å². The molecule has 2 N–H and O–H groups in total. The second kappa shape index (κ2) is 4.87. The first-order valence-electron chi connectivity index (χ1n) is 7.06. The molecule has 2 heterocycles. The van der Waals surface area contributed by atoms with Crippen LogP contribution in [0.15, 0.2) is 24.3 Å². The van der Waals surface area contributed by atoms with Crippen molar-refractivity contribution in [3.05, 3.63) is 35.4 Å². The first kappa shape index (κ1) is 13.6. The fourth-order valence-electron chi connectivity index (χ4n) is 2.86. The topological polar surface area (TPSA) is 78.5 Å². The number of carbonyl (C=O) groups excluding carboxylic acids is 3. The summed E-state index contributed by atoms with van der Waals surface area (Å²) in [5, 5.41) is 4.88. The Morgan fingerprint density at radius 2 is 2.00 bits per heavy atom. The fraction of sp³-hybridized carbons (Fsp3) is 0.400. The molecule has 2 fully saturated rings. The van der Waals surface area contributed by atoms with Gasteiger partial charge in [0.05, 0.1) is 6.54 Å². The minimum absolute atomic E-state index is 0.108. The molecule has 1 aromatic carbocycles. The van der Waals surface area contributed by atoms with E-state index in [2.05, 4.69) is 17.6 Å². The minimum atomic E-state index is -0.948. The lowest BCUT2D eigenvalue weighted by molar-refractivity contribution is -0.123. The van der Waals surface area contributed by atoms with Crippen LogP contribution in [0.2, 0.25) is 0 Å². The Hall–Kier alpha value is -2.37. The van der Waals surface area contributed by atoms with Gasteiger partial charge in [0.15, 0.2) is 0 Å². The zero-order chi connectivity index (χ0) is 15.0. The summed E-state index contributed by atoms with van der Waals surface area (Å²) in [6, 6.07) is 6.99. The summed E-state index contributed by atoms with van der Waals surface area (Å²) >= 11 is 0. The predicted molar refractivity (Wildman–Crippen MR) is 75.7 cm³/mol. The molecule has 6 heteroatoms. The Morgan fingerprint density at radius 3 is 2.57 bits per heavy atom. The molecule has 0 saturated carbocycles. The molecule has 1 atom stereocenters. The van der Waals surface area contributed by atoms with E-state index >= 15 is 0 Å². The summed E-state index contributed by atoms with van der Waals surface area (Å²) in [7, 11) is 0. The summed E-state index contributed by atoms with van der Waals surface area (Å²) in [6.45, 7) is 2.74. The third kappa shape index (κ3) is 2.26. The molecule has 1 spiro atoms. The average molecular weight is 287 g/mol. The van der Waals surface area contributed by atoms with Crippen molar-refractivity contribution in [1.29, 1.82) is 0 Å². The molecule has 110 valence electrons. The van der Waals surface area contributed by atoms with E-state index in [1.165, 1.54) is 5.56 Å². The van der Waals surface area contributed by atoms with Gasteiger partial charge in [0.2, 0.25) is 0 Å². The number of aryl methyl sites for hydroxylation is 1. The Kier molecular flexibility index (Phi) is 3.16. The number of rotatable bonds is 2. The van der Waals surface area contributed by atoms with Crippen LogP contribution < -0.4 is 10.6 Å². The molecule has 0 aliphatic carbocycles. The van der Waals surface area contributed by atoms with Gasteiger partial charge < -0.3 is 10.2 Å². The van der Waals surface area contributed by atoms with Crippen molar-refractivity contribution in [1.82, 2.24) is 15.5 Å². The van der Waals surface area contributed by atoms with E-state index in [4.69, 9.17) is 0 Å². The quantitative estimate of drug-likeness (QED) is 0.785. The maximum atomic E-state index is 12.5. The monoisotopic (exact) mass is 287 g/mol. The predicted octanol–water partition coefficient (Wildman–Crippen LogP) is 0.673. The van der Waals surface area contributed by atoms with E-state index in [1.54, 1.807) is 17.0 Å². The number of hydrogen-bond donors (Lipinski definition) is 2. The van der Waals surface area contributed by atoms with Crippen LogP contribution in [-0.4, -0.2) is 41.4 Å². The summed E-state index contributed by atoms with van der Waals surface area (Å²) in [5.41, 5.74) is 0.830. The van der Waals surface area contributed by atoms with Gasteiger partial charge in [0.25, 0.3) is 11.8 Å². The van der Waals surface area contributed by atoms with E-state index in [9.17, 15) is 14.4 Å². The molecule has 0 radical (unpaired) electrons. The van der Waals surface area contributed by atoms with E-state index in [1.807, 2.05) is 12.1 Å². The fourth-order valence-corrected chi connectivity index (χ4v) is 2.86. The standard InChI is InChI=1S/C15H17N3O3/c1-2-10-3-5-11(6-4-10)12(19)18-8-7-15(9-18)13(20)16-14(21)17-15/h3-6H,2,7-9H2,1H3,(H2,16,17,20,21). The van der Waals surface area contributed by atoms with Gasteiger partial charge in [-0.25, -0.2) is 4.79 Å². The number of urea groups is 1. The van der Waals surface area contributed by atoms with Crippen LogP contribution in [0.4, 0.5) is 4.79 Å². The van der Waals surface area contributed by atoms with Crippen LogP contribution in [0, 0.1) is 0 Å². The molecule has 1 aromatic rings. The lowest BCUT2D eigenvalue weighted by Gasteiger charge is -2.21. The molecule has 0 bridgehead atoms. The molecule has 2 saturated heterocycles. The highest BCUT2D eigenvalue weighted by Gasteiger charge is 2.51. The zero-order valence-electron chi connectivity index (χ0n) is 11.8. The van der Waals surface area contributed by atoms with Crippen molar-refractivity contribution < 1.29 is 14.4 Å². The second-order valence-corrected chi connectivity index (χ2v) is 5.52. The van der Waals surface area contributed by atoms with Crippen LogP contribution >= 0.6 is 0 Å². The number of carbonyl (C=O) groups is 3. The highest BCUT2D eigenvalue weighted by molar-refractivity contribution is 6.08. The smallest absolute Gasteiger partial charge is 0.322 e. The maximum absolute atomic E-state index is 12.5. The van der Waals surface area contributed by atoms with Gasteiger partial charge in [-0.2, -0.15) is 0 Å². The molecule has 4 amide bonds. The van der Waals surface area contributed by atoms with Crippen LogP contribution in [0.3, 0.4) is 0 Å². The number of hydrogen-bond acceptors (Lipinski definition) is 3. The van der Waals surface area contributed by atoms with Crippen molar-refractivity contribution >= 4 is 17.8 Å². The molecule has 21 heavy (non-hydrogen) atoms. The van der Waals surface area contributed by atoms with Gasteiger partial charge >= 0.3 is 6.03 Å². The highest BCUT2D eigenvalue weighted by Crippen LogP contribution is 2.26. The Balaban J connectivity index is 1.75. The number of amides is 4. The van der Waals surface area contributed by atoms with Crippen LogP contribution in [0.1, 0.15) is 29.3 Å². The van der Waals surface area contributed by atoms with Crippen LogP contribution in [0.5, 0.6) is 0 Å². The van der Waals surface area contributed by atoms with Crippen molar-refractivity contribution in [3.63, 3.8) is 0 Å². The zero-order valence-corrected chi connectivity index (χ0v) is 11.8. The molecule has 2 aliphatic rings. The average Bonchev–Trinajstić information content (AvgIpc) is 3.03. The Labute approximate surface area is 122 Å².